The molecule has 0 unspecified atom stereocenters. The molecule has 0 atom stereocenters. The summed E-state index contributed by atoms with van der Waals surface area (Å²) in [6.07, 6.45) is 1.88. The van der Waals surface area contributed by atoms with Crippen molar-refractivity contribution in [2.45, 2.75) is 0 Å². The first-order valence-electron chi connectivity index (χ1n) is 6.49. The molecule has 0 fully saturated rings. The zero-order chi connectivity index (χ0) is 17.7. The van der Waals surface area contributed by atoms with Crippen LogP contribution in [0.4, 0.5) is 17.1 Å². The van der Waals surface area contributed by atoms with Gasteiger partial charge in [0, 0.05) is 0 Å². The topological polar surface area (TPSA) is 148 Å². The standard InChI is InChI=1S/C17H7N7/c18-6-12-14(8-20)17(15(9-21)13(7-19)16(12)23)24(10-22)11-4-2-1-3-5-11/h1-5H,23H2. The highest BCUT2D eigenvalue weighted by molar-refractivity contribution is 5.88. The van der Waals surface area contributed by atoms with Crippen molar-refractivity contribution in [3.63, 3.8) is 0 Å². The Morgan fingerprint density at radius 3 is 1.54 bits per heavy atom. The molecule has 0 saturated heterocycles. The van der Waals surface area contributed by atoms with Gasteiger partial charge in [0.2, 0.25) is 0 Å². The van der Waals surface area contributed by atoms with E-state index in [-0.39, 0.29) is 33.6 Å². The second-order valence-corrected chi connectivity index (χ2v) is 4.48. The van der Waals surface area contributed by atoms with Crippen molar-refractivity contribution in [1.82, 2.24) is 0 Å². The third-order valence-electron chi connectivity index (χ3n) is 3.30. The second-order valence-electron chi connectivity index (χ2n) is 4.48. The molecule has 0 spiro atoms. The van der Waals surface area contributed by atoms with Gasteiger partial charge in [-0.05, 0) is 12.1 Å². The number of hydrogen-bond donors (Lipinski definition) is 1. The number of hydrogen-bond acceptors (Lipinski definition) is 7. The predicted octanol–water partition coefficient (Wildman–Crippen LogP) is 2.37. The second kappa shape index (κ2) is 6.50. The van der Waals surface area contributed by atoms with Crippen molar-refractivity contribution in [2.24, 2.45) is 0 Å². The molecule has 0 heterocycles. The molecule has 110 valence electrons. The minimum Gasteiger partial charge on any atom is -0.397 e. The summed E-state index contributed by atoms with van der Waals surface area (Å²) in [5.41, 5.74) is 4.84. The maximum Gasteiger partial charge on any atom is 0.189 e. The molecule has 7 nitrogen and oxygen atoms in total. The predicted molar refractivity (Wildman–Crippen MR) is 83.9 cm³/mol. The van der Waals surface area contributed by atoms with E-state index < -0.39 is 0 Å². The maximum atomic E-state index is 9.53. The average Bonchev–Trinajstić information content (AvgIpc) is 2.63. The Hall–Kier alpha value is -4.51. The zero-order valence-electron chi connectivity index (χ0n) is 12.1. The molecule has 2 rings (SSSR count). The third kappa shape index (κ3) is 2.30. The molecule has 0 aliphatic heterocycles. The lowest BCUT2D eigenvalue weighted by molar-refractivity contribution is 1.24. The van der Waals surface area contributed by atoms with Gasteiger partial charge in [-0.25, -0.2) is 4.90 Å². The highest BCUT2D eigenvalue weighted by Gasteiger charge is 2.27. The van der Waals surface area contributed by atoms with Gasteiger partial charge < -0.3 is 5.73 Å². The van der Waals surface area contributed by atoms with Crippen LogP contribution in [0.5, 0.6) is 0 Å². The first kappa shape index (κ1) is 15.9. The Labute approximate surface area is 137 Å². The molecular formula is C17H7N7. The fourth-order valence-corrected chi connectivity index (χ4v) is 2.24. The largest absolute Gasteiger partial charge is 0.397 e. The van der Waals surface area contributed by atoms with Crippen LogP contribution in [-0.4, -0.2) is 0 Å². The van der Waals surface area contributed by atoms with Crippen molar-refractivity contribution in [3.05, 3.63) is 52.6 Å². The molecular weight excluding hydrogens is 302 g/mol. The Bertz CT molecular complexity index is 966. The summed E-state index contributed by atoms with van der Waals surface area (Å²) in [7, 11) is 0. The van der Waals surface area contributed by atoms with Gasteiger partial charge in [0.25, 0.3) is 0 Å². The van der Waals surface area contributed by atoms with E-state index in [1.807, 2.05) is 18.3 Å². The van der Waals surface area contributed by atoms with E-state index >= 15 is 0 Å². The first-order chi connectivity index (χ1) is 11.6. The summed E-state index contributed by atoms with van der Waals surface area (Å²) in [6, 6.07) is 15.4. The summed E-state index contributed by atoms with van der Waals surface area (Å²) in [5.74, 6) is 0. The summed E-state index contributed by atoms with van der Waals surface area (Å²) >= 11 is 0. The van der Waals surface area contributed by atoms with Crippen LogP contribution in [0.15, 0.2) is 30.3 Å². The first-order valence-corrected chi connectivity index (χ1v) is 6.49. The van der Waals surface area contributed by atoms with Gasteiger partial charge in [-0.1, -0.05) is 18.2 Å². The number of nitriles is 5. The molecule has 0 aliphatic rings. The lowest BCUT2D eigenvalue weighted by Gasteiger charge is -2.20. The van der Waals surface area contributed by atoms with Gasteiger partial charge in [-0.15, -0.1) is 0 Å². The number of rotatable bonds is 2. The van der Waals surface area contributed by atoms with Gasteiger partial charge in [0.05, 0.1) is 39.3 Å². The van der Waals surface area contributed by atoms with Crippen LogP contribution in [0.25, 0.3) is 0 Å². The minimum absolute atomic E-state index is 0.129. The molecule has 2 N–H and O–H groups in total. The van der Waals surface area contributed by atoms with Crippen LogP contribution in [0.1, 0.15) is 22.3 Å². The molecule has 24 heavy (non-hydrogen) atoms. The van der Waals surface area contributed by atoms with Gasteiger partial charge in [-0.3, -0.25) is 0 Å². The SMILES string of the molecule is N#Cc1c(N)c(C#N)c(C#N)c(N(C#N)c2ccccc2)c1C#N. The van der Waals surface area contributed by atoms with Gasteiger partial charge in [0.1, 0.15) is 24.3 Å². The Morgan fingerprint density at radius 1 is 0.708 bits per heavy atom. The molecule has 2 aromatic rings. The van der Waals surface area contributed by atoms with Crippen LogP contribution < -0.4 is 10.6 Å². The number of benzene rings is 2. The van der Waals surface area contributed by atoms with Gasteiger partial charge in [0.15, 0.2) is 6.19 Å². The van der Waals surface area contributed by atoms with Crippen LogP contribution in [0.2, 0.25) is 0 Å². The monoisotopic (exact) mass is 309 g/mol. The van der Waals surface area contributed by atoms with Crippen molar-refractivity contribution >= 4 is 17.1 Å². The average molecular weight is 309 g/mol. The number of nitrogen functional groups attached to an aromatic ring is 1. The van der Waals surface area contributed by atoms with Crippen molar-refractivity contribution in [1.29, 1.82) is 26.3 Å². The van der Waals surface area contributed by atoms with E-state index in [1.54, 1.807) is 42.5 Å². The van der Waals surface area contributed by atoms with E-state index in [2.05, 4.69) is 0 Å². The maximum absolute atomic E-state index is 9.53. The summed E-state index contributed by atoms with van der Waals surface area (Å²) in [5, 5.41) is 47.0. The lowest BCUT2D eigenvalue weighted by atomic mass is 9.94. The molecule has 0 bridgehead atoms. The molecule has 0 radical (unpaired) electrons. The van der Waals surface area contributed by atoms with Crippen LogP contribution >= 0.6 is 0 Å². The van der Waals surface area contributed by atoms with Crippen molar-refractivity contribution < 1.29 is 0 Å². The molecule has 0 aliphatic carbocycles. The number of nitrogens with zero attached hydrogens (tertiary/aromatic N) is 6. The normalized spacial score (nSPS) is 8.79. The summed E-state index contributed by atoms with van der Waals surface area (Å²) in [6.45, 7) is 0. The number of para-hydroxylation sites is 1. The van der Waals surface area contributed by atoms with Crippen LogP contribution in [0, 0.1) is 56.8 Å². The van der Waals surface area contributed by atoms with Gasteiger partial charge in [-0.2, -0.15) is 26.3 Å². The van der Waals surface area contributed by atoms with E-state index in [4.69, 9.17) is 5.73 Å². The van der Waals surface area contributed by atoms with Crippen molar-refractivity contribution in [2.75, 3.05) is 10.6 Å². The smallest absolute Gasteiger partial charge is 0.189 e. The van der Waals surface area contributed by atoms with Gasteiger partial charge >= 0.3 is 0 Å². The van der Waals surface area contributed by atoms with Crippen molar-refractivity contribution in [3.8, 4) is 30.5 Å². The Balaban J connectivity index is 3.01. The van der Waals surface area contributed by atoms with Crippen LogP contribution in [0.3, 0.4) is 0 Å². The molecule has 7 heteroatoms. The summed E-state index contributed by atoms with van der Waals surface area (Å²) in [4.78, 5) is 1.03. The number of anilines is 3. The lowest BCUT2D eigenvalue weighted by Crippen LogP contribution is -2.15. The third-order valence-corrected chi connectivity index (χ3v) is 3.30. The van der Waals surface area contributed by atoms with E-state index in [9.17, 15) is 26.3 Å². The van der Waals surface area contributed by atoms with E-state index in [1.165, 1.54) is 0 Å². The molecule has 0 amide bonds. The zero-order valence-corrected chi connectivity index (χ0v) is 12.1. The van der Waals surface area contributed by atoms with E-state index in [0.717, 1.165) is 4.90 Å². The fourth-order valence-electron chi connectivity index (χ4n) is 2.24. The molecule has 2 aromatic carbocycles. The molecule has 0 saturated carbocycles. The van der Waals surface area contributed by atoms with Crippen LogP contribution in [-0.2, 0) is 0 Å². The van der Waals surface area contributed by atoms with E-state index in [0.29, 0.717) is 5.69 Å². The highest BCUT2D eigenvalue weighted by atomic mass is 15.1. The Morgan fingerprint density at radius 2 is 1.17 bits per heavy atom. The quantitative estimate of drug-likeness (QED) is 0.508. The minimum atomic E-state index is -0.247. The summed E-state index contributed by atoms with van der Waals surface area (Å²) < 4.78 is 0. The number of nitrogens with two attached hydrogens (primary N) is 1. The highest BCUT2D eigenvalue weighted by Crippen LogP contribution is 2.38. The Kier molecular flexibility index (Phi) is 4.30. The fraction of sp³-hybridized carbons (Fsp3) is 0. The molecule has 0 aromatic heterocycles.